The van der Waals surface area contributed by atoms with Crippen LogP contribution in [0.15, 0.2) is 140 Å². The van der Waals surface area contributed by atoms with E-state index in [0.29, 0.717) is 5.82 Å². The molecule has 0 saturated heterocycles. The number of thiophene rings is 1. The van der Waals surface area contributed by atoms with Crippen LogP contribution in [0.3, 0.4) is 0 Å². The van der Waals surface area contributed by atoms with E-state index >= 15 is 0 Å². The maximum absolute atomic E-state index is 12.6. The molecular weight excluding hydrogens is 727 g/mol. The van der Waals surface area contributed by atoms with Crippen LogP contribution in [0.25, 0.3) is 81.8 Å². The SMILES string of the molecule is CC(C)c1cccc(-c2ccccc2)c1-n1c(-c2cc(C(C)(C)C)cc(C(C)(C)C)c2O)nc2c(-c3cc(-c4ccccn4)cc4sc5ccccc5c34)cccc21. The molecule has 0 aliphatic carbocycles. The molecule has 0 fully saturated rings. The molecule has 1 N–H and O–H groups in total. The molecule has 0 bridgehead atoms. The van der Waals surface area contributed by atoms with E-state index < -0.39 is 0 Å². The maximum atomic E-state index is 12.6. The average Bonchev–Trinajstić information content (AvgIpc) is 3.79. The third-order valence-electron chi connectivity index (χ3n) is 11.4. The largest absolute Gasteiger partial charge is 0.507 e. The molecule has 0 aliphatic heterocycles. The Hall–Kier alpha value is -6.04. The number of aromatic nitrogens is 3. The zero-order valence-corrected chi connectivity index (χ0v) is 35.4. The predicted octanol–water partition coefficient (Wildman–Crippen LogP) is 14.9. The fraction of sp³-hybridized carbons (Fsp3) is 0.208. The Morgan fingerprint density at radius 1 is 0.621 bits per heavy atom. The first-order chi connectivity index (χ1) is 27.8. The second kappa shape index (κ2) is 14.1. The standard InChI is InChI=1S/C53H49N3OS/c1-32(2)36-21-16-22-37(33-18-10-9-11-19-33)49(36)56-44-25-17-23-38(48(44)55-51(56)41-30-35(52(3,4)5)31-42(50(41)57)53(6,7)8)40-28-34(43-24-14-15-27-54-43)29-46-47(40)39-20-12-13-26-45(39)58-46/h9-32,57H,1-8H3. The van der Waals surface area contributed by atoms with Gasteiger partial charge in [0.25, 0.3) is 0 Å². The van der Waals surface area contributed by atoms with Gasteiger partial charge in [0.15, 0.2) is 0 Å². The summed E-state index contributed by atoms with van der Waals surface area (Å²) in [7, 11) is 0. The minimum Gasteiger partial charge on any atom is -0.507 e. The average molecular weight is 776 g/mol. The molecule has 3 heterocycles. The predicted molar refractivity (Wildman–Crippen MR) is 247 cm³/mol. The zero-order valence-electron chi connectivity index (χ0n) is 34.6. The van der Waals surface area contributed by atoms with E-state index in [2.05, 4.69) is 181 Å². The summed E-state index contributed by atoms with van der Waals surface area (Å²) in [5, 5.41) is 15.0. The van der Waals surface area contributed by atoms with E-state index in [-0.39, 0.29) is 22.5 Å². The van der Waals surface area contributed by atoms with Gasteiger partial charge in [0, 0.05) is 48.6 Å². The Balaban J connectivity index is 1.46. The van der Waals surface area contributed by atoms with Crippen LogP contribution in [-0.2, 0) is 10.8 Å². The van der Waals surface area contributed by atoms with Gasteiger partial charge >= 0.3 is 0 Å². The molecule has 9 rings (SSSR count). The van der Waals surface area contributed by atoms with Crippen molar-refractivity contribution >= 4 is 42.5 Å². The first kappa shape index (κ1) is 37.5. The summed E-state index contributed by atoms with van der Waals surface area (Å²) in [4.78, 5) is 10.5. The lowest BCUT2D eigenvalue weighted by molar-refractivity contribution is 0.446. The fourth-order valence-electron chi connectivity index (χ4n) is 8.41. The first-order valence-corrected chi connectivity index (χ1v) is 21.1. The molecule has 0 aliphatic rings. The van der Waals surface area contributed by atoms with Crippen LogP contribution in [0.2, 0.25) is 0 Å². The van der Waals surface area contributed by atoms with Crippen molar-refractivity contribution in [3.05, 3.63) is 156 Å². The zero-order chi connectivity index (χ0) is 40.5. The number of aromatic hydroxyl groups is 1. The third-order valence-corrected chi connectivity index (χ3v) is 12.6. The number of pyridine rings is 1. The lowest BCUT2D eigenvalue weighted by Crippen LogP contribution is -2.17. The van der Waals surface area contributed by atoms with Gasteiger partial charge in [0.1, 0.15) is 11.6 Å². The number of para-hydroxylation sites is 2. The van der Waals surface area contributed by atoms with Crippen molar-refractivity contribution in [3.63, 3.8) is 0 Å². The first-order valence-electron chi connectivity index (χ1n) is 20.2. The number of hydrogen-bond acceptors (Lipinski definition) is 4. The van der Waals surface area contributed by atoms with Gasteiger partial charge in [0.2, 0.25) is 0 Å². The van der Waals surface area contributed by atoms with Gasteiger partial charge < -0.3 is 5.11 Å². The second-order valence-corrected chi connectivity index (χ2v) is 18.9. The molecule has 0 spiro atoms. The van der Waals surface area contributed by atoms with Gasteiger partial charge in [-0.3, -0.25) is 9.55 Å². The van der Waals surface area contributed by atoms with E-state index in [1.165, 1.54) is 25.7 Å². The summed E-state index contributed by atoms with van der Waals surface area (Å²) >= 11 is 1.81. The van der Waals surface area contributed by atoms with Crippen LogP contribution in [0, 0.1) is 0 Å². The van der Waals surface area contributed by atoms with Crippen LogP contribution >= 0.6 is 11.3 Å². The summed E-state index contributed by atoms with van der Waals surface area (Å²) in [5.41, 5.74) is 12.8. The van der Waals surface area contributed by atoms with Gasteiger partial charge in [-0.1, -0.05) is 146 Å². The van der Waals surface area contributed by atoms with Gasteiger partial charge in [-0.05, 0) is 81.5 Å². The minimum atomic E-state index is -0.315. The number of hydrogen-bond donors (Lipinski definition) is 1. The quantitative estimate of drug-likeness (QED) is 0.183. The Morgan fingerprint density at radius 3 is 2.07 bits per heavy atom. The molecule has 0 radical (unpaired) electrons. The van der Waals surface area contributed by atoms with Crippen molar-refractivity contribution in [1.82, 2.24) is 14.5 Å². The molecule has 58 heavy (non-hydrogen) atoms. The maximum Gasteiger partial charge on any atom is 0.149 e. The highest BCUT2D eigenvalue weighted by Gasteiger charge is 2.30. The molecule has 3 aromatic heterocycles. The van der Waals surface area contributed by atoms with E-state index in [9.17, 15) is 5.11 Å². The molecule has 0 amide bonds. The Morgan fingerprint density at radius 2 is 1.34 bits per heavy atom. The highest BCUT2D eigenvalue weighted by atomic mass is 32.1. The molecule has 0 unspecified atom stereocenters. The molecular formula is C53H49N3OS. The lowest BCUT2D eigenvalue weighted by atomic mass is 9.79. The smallest absolute Gasteiger partial charge is 0.149 e. The van der Waals surface area contributed by atoms with E-state index in [4.69, 9.17) is 9.97 Å². The monoisotopic (exact) mass is 775 g/mol. The molecule has 9 aromatic rings. The number of imidazole rings is 1. The van der Waals surface area contributed by atoms with Crippen molar-refractivity contribution in [2.45, 2.75) is 72.1 Å². The Kier molecular flexibility index (Phi) is 9.13. The highest BCUT2D eigenvalue weighted by molar-refractivity contribution is 7.26. The summed E-state index contributed by atoms with van der Waals surface area (Å²) in [6.07, 6.45) is 1.86. The van der Waals surface area contributed by atoms with Crippen molar-refractivity contribution in [3.8, 4) is 56.3 Å². The van der Waals surface area contributed by atoms with Gasteiger partial charge in [0.05, 0.1) is 28.0 Å². The fourth-order valence-corrected chi connectivity index (χ4v) is 9.58. The number of phenols is 1. The Labute approximate surface area is 345 Å². The number of benzene rings is 6. The minimum absolute atomic E-state index is 0.174. The molecule has 6 aromatic carbocycles. The molecule has 288 valence electrons. The van der Waals surface area contributed by atoms with Gasteiger partial charge in [-0.2, -0.15) is 0 Å². The third kappa shape index (κ3) is 6.38. The second-order valence-electron chi connectivity index (χ2n) is 17.8. The molecule has 4 nitrogen and oxygen atoms in total. The van der Waals surface area contributed by atoms with E-state index in [1.54, 1.807) is 0 Å². The number of nitrogens with zero attached hydrogens (tertiary/aromatic N) is 3. The van der Waals surface area contributed by atoms with Crippen LogP contribution in [0.1, 0.15) is 78.0 Å². The molecule has 5 heteroatoms. The van der Waals surface area contributed by atoms with Crippen LogP contribution in [0.5, 0.6) is 5.75 Å². The summed E-state index contributed by atoms with van der Waals surface area (Å²) in [6.45, 7) is 17.8. The number of fused-ring (bicyclic) bond motifs is 4. The highest BCUT2D eigenvalue weighted by Crippen LogP contribution is 2.48. The molecule has 0 atom stereocenters. The van der Waals surface area contributed by atoms with Gasteiger partial charge in [-0.15, -0.1) is 11.3 Å². The summed E-state index contributed by atoms with van der Waals surface area (Å²) in [6, 6.07) is 47.6. The van der Waals surface area contributed by atoms with Crippen molar-refractivity contribution in [1.29, 1.82) is 0 Å². The topological polar surface area (TPSA) is 50.9 Å². The number of phenolic OH excluding ortho intramolecular Hbond substituents is 1. The van der Waals surface area contributed by atoms with Crippen LogP contribution in [0.4, 0.5) is 0 Å². The van der Waals surface area contributed by atoms with Crippen LogP contribution in [-0.4, -0.2) is 19.6 Å². The van der Waals surface area contributed by atoms with Gasteiger partial charge in [-0.25, -0.2) is 4.98 Å². The van der Waals surface area contributed by atoms with E-state index in [1.807, 2.05) is 29.7 Å². The van der Waals surface area contributed by atoms with E-state index in [0.717, 1.165) is 66.9 Å². The van der Waals surface area contributed by atoms with Crippen molar-refractivity contribution < 1.29 is 5.11 Å². The van der Waals surface area contributed by atoms with Crippen molar-refractivity contribution in [2.75, 3.05) is 0 Å². The van der Waals surface area contributed by atoms with Crippen molar-refractivity contribution in [2.24, 2.45) is 0 Å². The van der Waals surface area contributed by atoms with Crippen LogP contribution < -0.4 is 0 Å². The molecule has 0 saturated carbocycles. The normalized spacial score (nSPS) is 12.4. The Bertz CT molecular complexity index is 3000. The summed E-state index contributed by atoms with van der Waals surface area (Å²) in [5.74, 6) is 1.19. The lowest BCUT2D eigenvalue weighted by Gasteiger charge is -2.28. The number of rotatable bonds is 6. The summed E-state index contributed by atoms with van der Waals surface area (Å²) < 4.78 is 4.79.